The van der Waals surface area contributed by atoms with Gasteiger partial charge in [-0.1, -0.05) is 24.3 Å². The Hall–Kier alpha value is -3.63. The summed E-state index contributed by atoms with van der Waals surface area (Å²) in [5, 5.41) is 5.18. The molecule has 0 radical (unpaired) electrons. The summed E-state index contributed by atoms with van der Waals surface area (Å²) in [5.74, 6) is -2.36. The first-order valence-electron chi connectivity index (χ1n) is 12.4. The van der Waals surface area contributed by atoms with Crippen LogP contribution in [-0.4, -0.2) is 65.5 Å². The second-order valence-corrected chi connectivity index (χ2v) is 9.95. The summed E-state index contributed by atoms with van der Waals surface area (Å²) in [6.45, 7) is 8.78. The van der Waals surface area contributed by atoms with E-state index in [4.69, 9.17) is 15.2 Å². The van der Waals surface area contributed by atoms with Gasteiger partial charge in [0.1, 0.15) is 17.7 Å². The number of nitrogens with two attached hydrogens (primary N) is 1. The van der Waals surface area contributed by atoms with Gasteiger partial charge in [-0.05, 0) is 58.6 Å². The molecule has 204 valence electrons. The zero-order valence-electron chi connectivity index (χ0n) is 22.2. The Morgan fingerprint density at radius 3 is 2.32 bits per heavy atom. The first-order valence-corrected chi connectivity index (χ1v) is 12.4. The second kappa shape index (κ2) is 13.1. The second-order valence-electron chi connectivity index (χ2n) is 9.95. The minimum absolute atomic E-state index is 0.0214. The Balaban J connectivity index is 2.39. The number of benzene rings is 1. The maximum atomic E-state index is 13.9. The molecule has 1 fully saturated rings. The molecule has 1 aromatic carbocycles. The number of carbonyl (C=O) groups is 5. The van der Waals surface area contributed by atoms with Crippen molar-refractivity contribution in [2.45, 2.75) is 84.0 Å². The molecule has 1 saturated carbocycles. The maximum Gasteiger partial charge on any atom is 0.408 e. The van der Waals surface area contributed by atoms with Crippen molar-refractivity contribution in [2.75, 3.05) is 13.2 Å². The van der Waals surface area contributed by atoms with Crippen molar-refractivity contribution in [1.82, 2.24) is 15.5 Å². The van der Waals surface area contributed by atoms with Gasteiger partial charge in [-0.25, -0.2) is 4.79 Å². The lowest BCUT2D eigenvalue weighted by Gasteiger charge is -2.35. The molecule has 2 unspecified atom stereocenters. The lowest BCUT2D eigenvalue weighted by molar-refractivity contribution is -0.145. The summed E-state index contributed by atoms with van der Waals surface area (Å²) in [7, 11) is 0. The van der Waals surface area contributed by atoms with Gasteiger partial charge >= 0.3 is 12.1 Å². The van der Waals surface area contributed by atoms with Crippen LogP contribution < -0.4 is 16.4 Å². The Bertz CT molecular complexity index is 1000. The molecular weight excluding hydrogens is 480 g/mol. The molecule has 0 saturated heterocycles. The van der Waals surface area contributed by atoms with Gasteiger partial charge in [-0.2, -0.15) is 0 Å². The summed E-state index contributed by atoms with van der Waals surface area (Å²) >= 11 is 0. The van der Waals surface area contributed by atoms with E-state index in [-0.39, 0.29) is 25.6 Å². The smallest absolute Gasteiger partial charge is 0.408 e. The third kappa shape index (κ3) is 9.40. The number of nitrogens with zero attached hydrogens (tertiary/aromatic N) is 1. The van der Waals surface area contributed by atoms with Crippen LogP contribution in [0.4, 0.5) is 4.79 Å². The van der Waals surface area contributed by atoms with Crippen molar-refractivity contribution in [1.29, 1.82) is 0 Å². The van der Waals surface area contributed by atoms with Crippen molar-refractivity contribution in [3.8, 4) is 0 Å². The highest BCUT2D eigenvalue weighted by Gasteiger charge is 2.44. The molecule has 4 amide bonds. The number of ether oxygens (including phenoxy) is 2. The quantitative estimate of drug-likeness (QED) is 0.356. The Morgan fingerprint density at radius 2 is 1.78 bits per heavy atom. The highest BCUT2D eigenvalue weighted by molar-refractivity contribution is 5.95. The molecule has 0 aliphatic heterocycles. The molecule has 1 aliphatic carbocycles. The minimum atomic E-state index is -1.33. The number of amides is 4. The third-order valence-corrected chi connectivity index (χ3v) is 5.53. The average Bonchev–Trinajstić information content (AvgIpc) is 3.61. The van der Waals surface area contributed by atoms with Crippen molar-refractivity contribution >= 4 is 29.8 Å². The van der Waals surface area contributed by atoms with E-state index in [0.717, 1.165) is 5.56 Å². The van der Waals surface area contributed by atoms with Crippen molar-refractivity contribution in [2.24, 2.45) is 5.73 Å². The number of hydrogen-bond acceptors (Lipinski definition) is 7. The molecule has 0 heterocycles. The molecule has 11 heteroatoms. The number of alkyl carbamates (subject to hydrolysis) is 1. The van der Waals surface area contributed by atoms with Gasteiger partial charge in [-0.3, -0.25) is 19.2 Å². The molecule has 0 aromatic heterocycles. The average molecular weight is 519 g/mol. The molecule has 1 aliphatic rings. The molecule has 0 spiro atoms. The summed E-state index contributed by atoms with van der Waals surface area (Å²) in [6.07, 6.45) is -0.0668. The predicted octanol–water partition coefficient (Wildman–Crippen LogP) is 1.87. The van der Waals surface area contributed by atoms with E-state index in [1.165, 1.54) is 4.90 Å². The van der Waals surface area contributed by atoms with Crippen molar-refractivity contribution in [3.63, 3.8) is 0 Å². The Kier molecular flexibility index (Phi) is 10.5. The van der Waals surface area contributed by atoms with E-state index in [2.05, 4.69) is 10.6 Å². The molecule has 1 aromatic rings. The fraction of sp³-hybridized carbons (Fsp3) is 0.577. The topological polar surface area (TPSA) is 157 Å². The zero-order chi connectivity index (χ0) is 27.8. The highest BCUT2D eigenvalue weighted by atomic mass is 16.6. The van der Waals surface area contributed by atoms with Crippen LogP contribution in [-0.2, 0) is 28.7 Å². The van der Waals surface area contributed by atoms with E-state index < -0.39 is 53.9 Å². The number of primary amides is 1. The van der Waals surface area contributed by atoms with Crippen LogP contribution in [0.25, 0.3) is 0 Å². The predicted molar refractivity (Wildman–Crippen MR) is 135 cm³/mol. The summed E-state index contributed by atoms with van der Waals surface area (Å²) in [4.78, 5) is 64.8. The normalized spacial score (nSPS) is 14.6. The number of carbonyl (C=O) groups excluding carboxylic acids is 5. The molecule has 11 nitrogen and oxygen atoms in total. The van der Waals surface area contributed by atoms with E-state index in [1.807, 2.05) is 19.1 Å². The van der Waals surface area contributed by atoms with Crippen LogP contribution in [0, 0.1) is 6.92 Å². The van der Waals surface area contributed by atoms with E-state index in [0.29, 0.717) is 18.4 Å². The molecule has 37 heavy (non-hydrogen) atoms. The van der Waals surface area contributed by atoms with Gasteiger partial charge in [0.2, 0.25) is 17.7 Å². The molecule has 2 atom stereocenters. The number of hydrogen-bond donors (Lipinski definition) is 3. The van der Waals surface area contributed by atoms with Gasteiger partial charge in [0.05, 0.1) is 19.4 Å². The largest absolute Gasteiger partial charge is 0.466 e. The van der Waals surface area contributed by atoms with Crippen LogP contribution in [0.15, 0.2) is 24.3 Å². The number of esters is 1. The van der Waals surface area contributed by atoms with Crippen molar-refractivity contribution < 1.29 is 33.4 Å². The van der Waals surface area contributed by atoms with Gasteiger partial charge in [0.25, 0.3) is 0 Å². The monoisotopic (exact) mass is 518 g/mol. The zero-order valence-corrected chi connectivity index (χ0v) is 22.2. The molecule has 2 rings (SSSR count). The van der Waals surface area contributed by atoms with Crippen molar-refractivity contribution in [3.05, 3.63) is 35.4 Å². The van der Waals surface area contributed by atoms with E-state index in [9.17, 15) is 24.0 Å². The van der Waals surface area contributed by atoms with Crippen LogP contribution in [0.1, 0.15) is 70.5 Å². The Labute approximate surface area is 217 Å². The standard InChI is InChI=1S/C26H38N4O7/c1-6-36-21(32)13-14-28-23(33)22(18-10-8-7-9-16(18)2)30(17-11-12-17)24(34)19(15-20(27)31)29-25(35)37-26(3,4)5/h7-10,17,19,22H,6,11-15H2,1-5H3,(H2,27,31)(H,28,33)(H,29,35). The van der Waals surface area contributed by atoms with E-state index in [1.54, 1.807) is 39.8 Å². The lowest BCUT2D eigenvalue weighted by Crippen LogP contribution is -2.54. The SMILES string of the molecule is CCOC(=O)CCNC(=O)C(c1ccccc1C)N(C(=O)C(CC(N)=O)NC(=O)OC(C)(C)C)C1CC1. The van der Waals surface area contributed by atoms with Crippen LogP contribution in [0.2, 0.25) is 0 Å². The minimum Gasteiger partial charge on any atom is -0.466 e. The molecule has 4 N–H and O–H groups in total. The summed E-state index contributed by atoms with van der Waals surface area (Å²) in [5.41, 5.74) is 5.93. The number of nitrogens with one attached hydrogen (secondary N) is 2. The fourth-order valence-electron chi connectivity index (χ4n) is 3.83. The van der Waals surface area contributed by atoms with Gasteiger partial charge in [0, 0.05) is 12.6 Å². The van der Waals surface area contributed by atoms with Gasteiger partial charge in [0.15, 0.2) is 0 Å². The van der Waals surface area contributed by atoms with Gasteiger partial charge < -0.3 is 30.7 Å². The first kappa shape index (κ1) is 29.6. The van der Waals surface area contributed by atoms with Crippen LogP contribution in [0.3, 0.4) is 0 Å². The van der Waals surface area contributed by atoms with E-state index >= 15 is 0 Å². The maximum absolute atomic E-state index is 13.9. The van der Waals surface area contributed by atoms with Crippen LogP contribution in [0.5, 0.6) is 0 Å². The lowest BCUT2D eigenvalue weighted by atomic mass is 9.97. The number of aryl methyl sites for hydroxylation is 1. The molecular formula is C26H38N4O7. The Morgan fingerprint density at radius 1 is 1.14 bits per heavy atom. The summed E-state index contributed by atoms with van der Waals surface area (Å²) in [6, 6.07) is 4.49. The van der Waals surface area contributed by atoms with Gasteiger partial charge in [-0.15, -0.1) is 0 Å². The third-order valence-electron chi connectivity index (χ3n) is 5.53. The summed E-state index contributed by atoms with van der Waals surface area (Å²) < 4.78 is 10.2. The molecule has 0 bridgehead atoms. The number of rotatable bonds is 12. The highest BCUT2D eigenvalue weighted by Crippen LogP contribution is 2.36. The van der Waals surface area contributed by atoms with Crippen LogP contribution >= 0.6 is 0 Å². The fourth-order valence-corrected chi connectivity index (χ4v) is 3.83. The first-order chi connectivity index (χ1) is 17.3.